The predicted octanol–water partition coefficient (Wildman–Crippen LogP) is 12.9. The van der Waals surface area contributed by atoms with Gasteiger partial charge in [0.05, 0.1) is 11.4 Å². The van der Waals surface area contributed by atoms with Gasteiger partial charge < -0.3 is 4.74 Å². The van der Waals surface area contributed by atoms with Gasteiger partial charge in [0.1, 0.15) is 11.5 Å². The molecular formula is C48H30N2O. The Kier molecular flexibility index (Phi) is 6.81. The molecule has 0 fully saturated rings. The van der Waals surface area contributed by atoms with Crippen LogP contribution >= 0.6 is 0 Å². The van der Waals surface area contributed by atoms with E-state index in [4.69, 9.17) is 14.7 Å². The van der Waals surface area contributed by atoms with Gasteiger partial charge in [0.2, 0.25) is 0 Å². The van der Waals surface area contributed by atoms with Gasteiger partial charge in [-0.3, -0.25) is 0 Å². The number of fused-ring (bicyclic) bond motifs is 3. The molecule has 0 saturated carbocycles. The van der Waals surface area contributed by atoms with E-state index in [1.54, 1.807) is 0 Å². The van der Waals surface area contributed by atoms with Gasteiger partial charge >= 0.3 is 0 Å². The van der Waals surface area contributed by atoms with Crippen LogP contribution in [0.4, 0.5) is 0 Å². The molecule has 2 heterocycles. The summed E-state index contributed by atoms with van der Waals surface area (Å²) in [5.41, 5.74) is 11.8. The number of hydrogen-bond donors (Lipinski definition) is 0. The molecule has 1 aromatic heterocycles. The summed E-state index contributed by atoms with van der Waals surface area (Å²) in [5, 5.41) is 4.85. The normalized spacial score (nSPS) is 11.7. The molecule has 0 unspecified atom stereocenters. The van der Waals surface area contributed by atoms with Gasteiger partial charge in [-0.2, -0.15) is 0 Å². The second-order valence-corrected chi connectivity index (χ2v) is 13.0. The quantitative estimate of drug-likeness (QED) is 0.186. The Morgan fingerprint density at radius 3 is 1.69 bits per heavy atom. The van der Waals surface area contributed by atoms with Crippen molar-refractivity contribution in [1.82, 2.24) is 9.97 Å². The maximum atomic E-state index is 6.45. The Balaban J connectivity index is 1.00. The number of ether oxygens (including phenoxy) is 1. The zero-order valence-electron chi connectivity index (χ0n) is 27.6. The molecule has 3 heteroatoms. The van der Waals surface area contributed by atoms with Crippen LogP contribution in [-0.4, -0.2) is 9.97 Å². The molecule has 0 amide bonds. The molecule has 1 aliphatic rings. The van der Waals surface area contributed by atoms with Crippen molar-refractivity contribution < 1.29 is 4.74 Å². The lowest BCUT2D eigenvalue weighted by molar-refractivity contribution is 0.487. The maximum Gasteiger partial charge on any atom is 0.160 e. The highest BCUT2D eigenvalue weighted by atomic mass is 16.5. The van der Waals surface area contributed by atoms with E-state index >= 15 is 0 Å². The molecule has 0 radical (unpaired) electrons. The second kappa shape index (κ2) is 11.9. The second-order valence-electron chi connectivity index (χ2n) is 13.0. The number of nitrogens with zero attached hydrogens (tertiary/aromatic N) is 2. The number of aromatic nitrogens is 2. The third kappa shape index (κ3) is 5.15. The molecule has 8 aromatic carbocycles. The van der Waals surface area contributed by atoms with Gasteiger partial charge in [-0.1, -0.05) is 158 Å². The van der Waals surface area contributed by atoms with E-state index in [2.05, 4.69) is 164 Å². The minimum absolute atomic E-state index is 0.701. The third-order valence-corrected chi connectivity index (χ3v) is 9.91. The summed E-state index contributed by atoms with van der Waals surface area (Å²) in [5.74, 6) is 2.48. The summed E-state index contributed by atoms with van der Waals surface area (Å²) in [4.78, 5) is 10.1. The Hall–Kier alpha value is -6.84. The summed E-state index contributed by atoms with van der Waals surface area (Å²) in [6.07, 6.45) is 0. The monoisotopic (exact) mass is 650 g/mol. The van der Waals surface area contributed by atoms with Crippen molar-refractivity contribution in [2.24, 2.45) is 0 Å². The van der Waals surface area contributed by atoms with Crippen LogP contribution in [0.5, 0.6) is 11.5 Å². The molecular weight excluding hydrogens is 621 g/mol. The smallest absolute Gasteiger partial charge is 0.160 e. The third-order valence-electron chi connectivity index (χ3n) is 9.91. The SMILES string of the molecule is c1ccc(-c2nc(-c3ccc(-c4ccc5c(c4)Oc4cccc6cccc-5c46)cc3)cc(-c3ccc(-c4cccc5ccccc45)cc3)n2)cc1. The number of rotatable bonds is 5. The van der Waals surface area contributed by atoms with Crippen molar-refractivity contribution in [2.75, 3.05) is 0 Å². The van der Waals surface area contributed by atoms with Crippen molar-refractivity contribution in [3.05, 3.63) is 182 Å². The largest absolute Gasteiger partial charge is 0.456 e. The van der Waals surface area contributed by atoms with Gasteiger partial charge in [-0.25, -0.2) is 9.97 Å². The van der Waals surface area contributed by atoms with Crippen LogP contribution in [0, 0.1) is 0 Å². The Morgan fingerprint density at radius 2 is 0.922 bits per heavy atom. The Bertz CT molecular complexity index is 2740. The molecule has 1 aliphatic heterocycles. The fourth-order valence-corrected chi connectivity index (χ4v) is 7.33. The first-order valence-corrected chi connectivity index (χ1v) is 17.2. The summed E-state index contributed by atoms with van der Waals surface area (Å²) in [6, 6.07) is 63.8. The molecule has 0 spiro atoms. The zero-order valence-corrected chi connectivity index (χ0v) is 27.6. The van der Waals surface area contributed by atoms with Crippen LogP contribution in [0.2, 0.25) is 0 Å². The van der Waals surface area contributed by atoms with Crippen LogP contribution in [0.25, 0.3) is 88.8 Å². The van der Waals surface area contributed by atoms with Gasteiger partial charge in [0.25, 0.3) is 0 Å². The summed E-state index contributed by atoms with van der Waals surface area (Å²) in [7, 11) is 0. The molecule has 0 bridgehead atoms. The van der Waals surface area contributed by atoms with E-state index in [0.29, 0.717) is 5.82 Å². The van der Waals surface area contributed by atoms with Crippen molar-refractivity contribution in [2.45, 2.75) is 0 Å². The predicted molar refractivity (Wildman–Crippen MR) is 210 cm³/mol. The summed E-state index contributed by atoms with van der Waals surface area (Å²) >= 11 is 0. The molecule has 51 heavy (non-hydrogen) atoms. The first-order valence-electron chi connectivity index (χ1n) is 17.2. The van der Waals surface area contributed by atoms with Crippen molar-refractivity contribution >= 4 is 21.5 Å². The average molecular weight is 651 g/mol. The fourth-order valence-electron chi connectivity index (χ4n) is 7.33. The van der Waals surface area contributed by atoms with Gasteiger partial charge in [-0.05, 0) is 68.2 Å². The fraction of sp³-hybridized carbons (Fsp3) is 0. The highest BCUT2D eigenvalue weighted by Gasteiger charge is 2.20. The number of hydrogen-bond acceptors (Lipinski definition) is 3. The van der Waals surface area contributed by atoms with Crippen LogP contribution in [0.15, 0.2) is 182 Å². The summed E-state index contributed by atoms with van der Waals surface area (Å²) < 4.78 is 6.45. The molecule has 238 valence electrons. The zero-order chi connectivity index (χ0) is 33.7. The van der Waals surface area contributed by atoms with E-state index < -0.39 is 0 Å². The lowest BCUT2D eigenvalue weighted by Gasteiger charge is -2.22. The van der Waals surface area contributed by atoms with Crippen LogP contribution in [-0.2, 0) is 0 Å². The Labute approximate surface area is 296 Å². The molecule has 3 nitrogen and oxygen atoms in total. The van der Waals surface area contributed by atoms with E-state index in [9.17, 15) is 0 Å². The minimum atomic E-state index is 0.701. The lowest BCUT2D eigenvalue weighted by Crippen LogP contribution is -1.97. The molecule has 0 atom stereocenters. The van der Waals surface area contributed by atoms with E-state index in [-0.39, 0.29) is 0 Å². The molecule has 9 aromatic rings. The van der Waals surface area contributed by atoms with Crippen LogP contribution in [0.1, 0.15) is 0 Å². The maximum absolute atomic E-state index is 6.45. The first-order chi connectivity index (χ1) is 25.2. The first kappa shape index (κ1) is 29.1. The molecule has 0 aliphatic carbocycles. The molecule has 10 rings (SSSR count). The highest BCUT2D eigenvalue weighted by Crippen LogP contribution is 2.47. The van der Waals surface area contributed by atoms with E-state index in [0.717, 1.165) is 56.3 Å². The van der Waals surface area contributed by atoms with Crippen molar-refractivity contribution in [1.29, 1.82) is 0 Å². The van der Waals surface area contributed by atoms with Crippen LogP contribution in [0.3, 0.4) is 0 Å². The average Bonchev–Trinajstić information content (AvgIpc) is 3.21. The minimum Gasteiger partial charge on any atom is -0.456 e. The van der Waals surface area contributed by atoms with Gasteiger partial charge in [0, 0.05) is 27.6 Å². The van der Waals surface area contributed by atoms with Gasteiger partial charge in [0.15, 0.2) is 5.82 Å². The molecule has 0 saturated heterocycles. The summed E-state index contributed by atoms with van der Waals surface area (Å²) in [6.45, 7) is 0. The van der Waals surface area contributed by atoms with Crippen molar-refractivity contribution in [3.8, 4) is 78.8 Å². The van der Waals surface area contributed by atoms with E-state index in [1.807, 2.05) is 18.2 Å². The van der Waals surface area contributed by atoms with Gasteiger partial charge in [-0.15, -0.1) is 0 Å². The van der Waals surface area contributed by atoms with Crippen LogP contribution < -0.4 is 4.74 Å². The topological polar surface area (TPSA) is 35.0 Å². The van der Waals surface area contributed by atoms with Crippen molar-refractivity contribution in [3.63, 3.8) is 0 Å². The highest BCUT2D eigenvalue weighted by molar-refractivity contribution is 6.04. The Morgan fingerprint density at radius 1 is 0.333 bits per heavy atom. The lowest BCUT2D eigenvalue weighted by atomic mass is 9.93. The van der Waals surface area contributed by atoms with E-state index in [1.165, 1.54) is 38.2 Å². The molecule has 0 N–H and O–H groups in total. The number of benzene rings is 8. The standard InChI is InChI=1S/C48H30N2O/c1-2-10-37(11-3-1)48-49-43(30-44(50-48)35-25-21-33(22-26-35)40-16-6-12-32-9-4-5-15-39(32)40)34-23-19-31(20-24-34)38-27-28-41-42-17-7-13-36-14-8-18-45(47(36)42)51-46(41)29-38/h1-30H.